The lowest BCUT2D eigenvalue weighted by Gasteiger charge is -1.99. The summed E-state index contributed by atoms with van der Waals surface area (Å²) in [5, 5.41) is 1.74. The SMILES string of the molecule is Clc1ccc2c(Br)nc(Cl)nc2c1. The molecule has 0 aliphatic carbocycles. The maximum Gasteiger partial charge on any atom is 0.224 e. The molecule has 0 bridgehead atoms. The first-order valence-electron chi connectivity index (χ1n) is 3.45. The second-order valence-corrected chi connectivity index (χ2v) is 3.97. The minimum Gasteiger partial charge on any atom is -0.218 e. The smallest absolute Gasteiger partial charge is 0.218 e. The van der Waals surface area contributed by atoms with Crippen molar-refractivity contribution in [2.24, 2.45) is 0 Å². The van der Waals surface area contributed by atoms with Crippen LogP contribution in [0.3, 0.4) is 0 Å². The lowest BCUT2D eigenvalue weighted by Crippen LogP contribution is -1.86. The number of benzene rings is 1. The van der Waals surface area contributed by atoms with E-state index in [9.17, 15) is 0 Å². The van der Waals surface area contributed by atoms with E-state index in [1.165, 1.54) is 0 Å². The molecule has 5 heteroatoms. The fraction of sp³-hybridized carbons (Fsp3) is 0. The van der Waals surface area contributed by atoms with Crippen molar-refractivity contribution in [1.29, 1.82) is 0 Å². The zero-order chi connectivity index (χ0) is 9.42. The number of rotatable bonds is 0. The van der Waals surface area contributed by atoms with Gasteiger partial charge in [0.15, 0.2) is 0 Å². The molecule has 0 amide bonds. The Labute approximate surface area is 93.0 Å². The Balaban J connectivity index is 2.86. The highest BCUT2D eigenvalue weighted by molar-refractivity contribution is 9.10. The van der Waals surface area contributed by atoms with Crippen molar-refractivity contribution >= 4 is 50.0 Å². The molecule has 0 fully saturated rings. The molecule has 2 rings (SSSR count). The van der Waals surface area contributed by atoms with Crippen molar-refractivity contribution in [3.63, 3.8) is 0 Å². The molecular weight excluding hydrogens is 275 g/mol. The van der Waals surface area contributed by atoms with Crippen molar-refractivity contribution < 1.29 is 0 Å². The topological polar surface area (TPSA) is 25.8 Å². The standard InChI is InChI=1S/C8H3BrCl2N2/c9-7-5-2-1-4(10)3-6(5)12-8(11)13-7/h1-3H. The van der Waals surface area contributed by atoms with E-state index >= 15 is 0 Å². The molecule has 0 saturated carbocycles. The van der Waals surface area contributed by atoms with Crippen molar-refractivity contribution in [3.8, 4) is 0 Å². The monoisotopic (exact) mass is 276 g/mol. The van der Waals surface area contributed by atoms with E-state index in [-0.39, 0.29) is 5.28 Å². The molecule has 0 spiro atoms. The lowest BCUT2D eigenvalue weighted by atomic mass is 10.2. The first-order chi connectivity index (χ1) is 6.16. The van der Waals surface area contributed by atoms with Crippen LogP contribution in [0.1, 0.15) is 0 Å². The third kappa shape index (κ3) is 1.77. The number of halogens is 3. The van der Waals surface area contributed by atoms with E-state index < -0.39 is 0 Å². The van der Waals surface area contributed by atoms with Gasteiger partial charge in [-0.3, -0.25) is 0 Å². The van der Waals surface area contributed by atoms with Gasteiger partial charge in [-0.25, -0.2) is 9.97 Å². The van der Waals surface area contributed by atoms with Crippen LogP contribution in [0.25, 0.3) is 10.9 Å². The lowest BCUT2D eigenvalue weighted by molar-refractivity contribution is 1.19. The summed E-state index contributed by atoms with van der Waals surface area (Å²) >= 11 is 14.8. The fourth-order valence-corrected chi connectivity index (χ4v) is 1.98. The average molecular weight is 278 g/mol. The molecular formula is C8H3BrCl2N2. The number of aromatic nitrogens is 2. The summed E-state index contributed by atoms with van der Waals surface area (Å²) in [5.74, 6) is 0. The maximum absolute atomic E-state index is 5.80. The zero-order valence-electron chi connectivity index (χ0n) is 6.26. The minimum absolute atomic E-state index is 0.210. The normalized spacial score (nSPS) is 10.7. The van der Waals surface area contributed by atoms with E-state index in [2.05, 4.69) is 25.9 Å². The summed E-state index contributed by atoms with van der Waals surface area (Å²) in [5.41, 5.74) is 0.736. The summed E-state index contributed by atoms with van der Waals surface area (Å²) in [7, 11) is 0. The van der Waals surface area contributed by atoms with Gasteiger partial charge < -0.3 is 0 Å². The van der Waals surface area contributed by atoms with Gasteiger partial charge in [-0.05, 0) is 45.7 Å². The molecule has 2 nitrogen and oxygen atoms in total. The average Bonchev–Trinajstić information content (AvgIpc) is 2.02. The van der Waals surface area contributed by atoms with Crippen molar-refractivity contribution in [1.82, 2.24) is 9.97 Å². The van der Waals surface area contributed by atoms with Crippen molar-refractivity contribution in [2.75, 3.05) is 0 Å². The highest BCUT2D eigenvalue weighted by atomic mass is 79.9. The van der Waals surface area contributed by atoms with E-state index in [0.717, 1.165) is 10.9 Å². The summed E-state index contributed by atoms with van der Waals surface area (Å²) in [6.07, 6.45) is 0. The molecule has 1 aromatic heterocycles. The van der Waals surface area contributed by atoms with Crippen LogP contribution >= 0.6 is 39.1 Å². The summed E-state index contributed by atoms with van der Waals surface area (Å²) in [6.45, 7) is 0. The molecule has 2 aromatic rings. The van der Waals surface area contributed by atoms with Crippen molar-refractivity contribution in [2.45, 2.75) is 0 Å². The van der Waals surface area contributed by atoms with Gasteiger partial charge in [0.25, 0.3) is 0 Å². The van der Waals surface area contributed by atoms with Crippen LogP contribution in [0, 0.1) is 0 Å². The molecule has 1 aromatic carbocycles. The molecule has 13 heavy (non-hydrogen) atoms. The van der Waals surface area contributed by atoms with Gasteiger partial charge in [-0.15, -0.1) is 0 Å². The molecule has 0 saturated heterocycles. The van der Waals surface area contributed by atoms with Gasteiger partial charge in [0.1, 0.15) is 4.60 Å². The Bertz CT molecular complexity index is 468. The van der Waals surface area contributed by atoms with Gasteiger partial charge in [0.05, 0.1) is 5.52 Å². The second-order valence-electron chi connectivity index (χ2n) is 2.44. The van der Waals surface area contributed by atoms with Crippen LogP contribution in [0.15, 0.2) is 22.8 Å². The Kier molecular flexibility index (Phi) is 2.41. The molecule has 0 aliphatic rings. The fourth-order valence-electron chi connectivity index (χ4n) is 1.04. The van der Waals surface area contributed by atoms with Gasteiger partial charge in [-0.2, -0.15) is 0 Å². The predicted molar refractivity (Wildman–Crippen MR) is 57.3 cm³/mol. The largest absolute Gasteiger partial charge is 0.224 e. The highest BCUT2D eigenvalue weighted by Crippen LogP contribution is 2.24. The molecule has 0 radical (unpaired) electrons. The Morgan fingerprint density at radius 2 is 1.92 bits per heavy atom. The third-order valence-electron chi connectivity index (χ3n) is 1.59. The van der Waals surface area contributed by atoms with Gasteiger partial charge in [0.2, 0.25) is 5.28 Å². The Hall–Kier alpha value is -0.380. The summed E-state index contributed by atoms with van der Waals surface area (Å²) in [4.78, 5) is 8.00. The van der Waals surface area contributed by atoms with Crippen LogP contribution in [-0.2, 0) is 0 Å². The number of hydrogen-bond acceptors (Lipinski definition) is 2. The van der Waals surface area contributed by atoms with E-state index in [4.69, 9.17) is 23.2 Å². The first-order valence-corrected chi connectivity index (χ1v) is 5.00. The summed E-state index contributed by atoms with van der Waals surface area (Å²) < 4.78 is 0.680. The molecule has 0 atom stereocenters. The van der Waals surface area contributed by atoms with Crippen LogP contribution in [0.4, 0.5) is 0 Å². The molecule has 0 N–H and O–H groups in total. The van der Waals surface area contributed by atoms with Gasteiger partial charge in [-0.1, -0.05) is 11.6 Å². The highest BCUT2D eigenvalue weighted by Gasteiger charge is 2.03. The van der Waals surface area contributed by atoms with Crippen LogP contribution in [-0.4, -0.2) is 9.97 Å². The zero-order valence-corrected chi connectivity index (χ0v) is 9.36. The van der Waals surface area contributed by atoms with Gasteiger partial charge >= 0.3 is 0 Å². The predicted octanol–water partition coefficient (Wildman–Crippen LogP) is 3.70. The molecule has 0 unspecified atom stereocenters. The third-order valence-corrected chi connectivity index (χ3v) is 2.59. The molecule has 0 aliphatic heterocycles. The van der Waals surface area contributed by atoms with Crippen LogP contribution in [0.2, 0.25) is 10.3 Å². The summed E-state index contributed by atoms with van der Waals surface area (Å²) in [6, 6.07) is 5.37. The maximum atomic E-state index is 5.80. The van der Waals surface area contributed by atoms with E-state index in [0.29, 0.717) is 9.63 Å². The van der Waals surface area contributed by atoms with Gasteiger partial charge in [0, 0.05) is 10.4 Å². The van der Waals surface area contributed by atoms with Crippen LogP contribution in [0.5, 0.6) is 0 Å². The molecule has 66 valence electrons. The number of fused-ring (bicyclic) bond motifs is 1. The minimum atomic E-state index is 0.210. The van der Waals surface area contributed by atoms with E-state index in [1.807, 2.05) is 6.07 Å². The second kappa shape index (κ2) is 3.40. The number of hydrogen-bond donors (Lipinski definition) is 0. The quantitative estimate of drug-likeness (QED) is 0.542. The Morgan fingerprint density at radius 3 is 2.69 bits per heavy atom. The first kappa shape index (κ1) is 9.19. The van der Waals surface area contributed by atoms with Crippen LogP contribution < -0.4 is 0 Å². The Morgan fingerprint density at radius 1 is 1.15 bits per heavy atom. The molecule has 1 heterocycles. The van der Waals surface area contributed by atoms with E-state index in [1.54, 1.807) is 12.1 Å². The number of nitrogens with zero attached hydrogens (tertiary/aromatic N) is 2. The van der Waals surface area contributed by atoms with Crippen molar-refractivity contribution in [3.05, 3.63) is 33.1 Å².